The van der Waals surface area contributed by atoms with E-state index in [9.17, 15) is 0 Å². The van der Waals surface area contributed by atoms with Crippen LogP contribution in [-0.2, 0) is 6.42 Å². The number of anilines is 1. The summed E-state index contributed by atoms with van der Waals surface area (Å²) in [6, 6.07) is 12.0. The van der Waals surface area contributed by atoms with Crippen molar-refractivity contribution < 1.29 is 0 Å². The van der Waals surface area contributed by atoms with Crippen LogP contribution in [-0.4, -0.2) is 33.5 Å². The maximum Gasteiger partial charge on any atom is 0.163 e. The quantitative estimate of drug-likeness (QED) is 0.549. The maximum absolute atomic E-state index is 4.83. The average molecular weight is 347 g/mol. The predicted octanol–water partition coefficient (Wildman–Crippen LogP) is 3.83. The highest BCUT2D eigenvalue weighted by Gasteiger charge is 2.13. The minimum absolute atomic E-state index is 0.697. The van der Waals surface area contributed by atoms with Crippen molar-refractivity contribution in [2.75, 3.05) is 18.5 Å². The zero-order chi connectivity index (χ0) is 17.1. The lowest BCUT2D eigenvalue weighted by atomic mass is 10.2. The number of nitrogens with zero attached hydrogens (tertiary/aromatic N) is 5. The third-order valence-corrected chi connectivity index (χ3v) is 4.85. The van der Waals surface area contributed by atoms with Gasteiger partial charge in [0.25, 0.3) is 0 Å². The summed E-state index contributed by atoms with van der Waals surface area (Å²) < 4.78 is 0. The van der Waals surface area contributed by atoms with Crippen LogP contribution < -0.4 is 4.90 Å². The molecule has 0 amide bonds. The average Bonchev–Trinajstić information content (AvgIpc) is 3.19. The van der Waals surface area contributed by atoms with Crippen LogP contribution in [0.1, 0.15) is 5.01 Å². The van der Waals surface area contributed by atoms with Crippen molar-refractivity contribution in [3.05, 3.63) is 65.4 Å². The first-order valence-electron chi connectivity index (χ1n) is 8.08. The van der Waals surface area contributed by atoms with Gasteiger partial charge in [-0.15, -0.1) is 11.3 Å². The van der Waals surface area contributed by atoms with Crippen molar-refractivity contribution in [3.8, 4) is 11.4 Å². The largest absolute Gasteiger partial charge is 0.359 e. The van der Waals surface area contributed by atoms with E-state index >= 15 is 0 Å². The van der Waals surface area contributed by atoms with Crippen LogP contribution in [0.25, 0.3) is 22.3 Å². The zero-order valence-electron chi connectivity index (χ0n) is 13.8. The fourth-order valence-electron chi connectivity index (χ4n) is 2.72. The van der Waals surface area contributed by atoms with E-state index in [4.69, 9.17) is 9.97 Å². The molecule has 0 saturated carbocycles. The molecule has 124 valence electrons. The number of hydrogen-bond donors (Lipinski definition) is 0. The number of para-hydroxylation sites is 1. The molecule has 3 heterocycles. The number of likely N-dealkylation sites (N-methyl/N-ethyl adjacent to an activating group) is 1. The molecule has 0 aliphatic carbocycles. The van der Waals surface area contributed by atoms with Crippen molar-refractivity contribution in [3.63, 3.8) is 0 Å². The van der Waals surface area contributed by atoms with Crippen molar-refractivity contribution in [2.45, 2.75) is 6.42 Å². The molecule has 0 saturated heterocycles. The lowest BCUT2D eigenvalue weighted by Crippen LogP contribution is -2.22. The van der Waals surface area contributed by atoms with Gasteiger partial charge >= 0.3 is 0 Å². The Morgan fingerprint density at radius 3 is 2.76 bits per heavy atom. The molecule has 0 radical (unpaired) electrons. The summed E-state index contributed by atoms with van der Waals surface area (Å²) in [7, 11) is 2.06. The second-order valence-corrected chi connectivity index (χ2v) is 6.71. The van der Waals surface area contributed by atoms with E-state index in [0.29, 0.717) is 5.82 Å². The zero-order valence-corrected chi connectivity index (χ0v) is 14.6. The Balaban J connectivity index is 1.73. The van der Waals surface area contributed by atoms with Gasteiger partial charge in [-0.25, -0.2) is 15.0 Å². The number of pyridine rings is 1. The number of benzene rings is 1. The monoisotopic (exact) mass is 347 g/mol. The summed E-state index contributed by atoms with van der Waals surface area (Å²) in [5, 5.41) is 4.20. The molecule has 0 aliphatic heterocycles. The minimum atomic E-state index is 0.697. The number of thiazole rings is 1. The number of rotatable bonds is 5. The second kappa shape index (κ2) is 6.94. The fraction of sp³-hybridized carbons (Fsp3) is 0.158. The second-order valence-electron chi connectivity index (χ2n) is 5.73. The standard InChI is InChI=1S/C19H17N5S/c1-24(11-8-17-21-10-12-25-17)19-15-6-2-3-7-16(15)22-18(23-19)14-5-4-9-20-13-14/h2-7,9-10,12-13H,8,11H2,1H3. The molecule has 1 aromatic carbocycles. The first-order chi connectivity index (χ1) is 12.3. The van der Waals surface area contributed by atoms with Gasteiger partial charge in [-0.3, -0.25) is 4.98 Å². The summed E-state index contributed by atoms with van der Waals surface area (Å²) in [5.41, 5.74) is 1.86. The lowest BCUT2D eigenvalue weighted by Gasteiger charge is -2.20. The van der Waals surface area contributed by atoms with Crippen LogP contribution in [0.2, 0.25) is 0 Å². The molecular weight excluding hydrogens is 330 g/mol. The molecule has 4 rings (SSSR count). The van der Waals surface area contributed by atoms with Crippen LogP contribution in [0, 0.1) is 0 Å². The van der Waals surface area contributed by atoms with E-state index < -0.39 is 0 Å². The van der Waals surface area contributed by atoms with Gasteiger partial charge in [0.2, 0.25) is 0 Å². The van der Waals surface area contributed by atoms with Crippen molar-refractivity contribution >= 4 is 28.1 Å². The van der Waals surface area contributed by atoms with Gasteiger partial charge in [-0.05, 0) is 24.3 Å². The Kier molecular flexibility index (Phi) is 4.35. The molecule has 0 bridgehead atoms. The SMILES string of the molecule is CN(CCc1nccs1)c1nc(-c2cccnc2)nc2ccccc12. The number of hydrogen-bond acceptors (Lipinski definition) is 6. The minimum Gasteiger partial charge on any atom is -0.359 e. The maximum atomic E-state index is 4.83. The van der Waals surface area contributed by atoms with Gasteiger partial charge in [0.05, 0.1) is 10.5 Å². The van der Waals surface area contributed by atoms with Crippen LogP contribution in [0.3, 0.4) is 0 Å². The Morgan fingerprint density at radius 2 is 1.96 bits per heavy atom. The molecular formula is C19H17N5S. The van der Waals surface area contributed by atoms with E-state index in [1.54, 1.807) is 23.7 Å². The van der Waals surface area contributed by atoms with Crippen molar-refractivity contribution in [1.29, 1.82) is 0 Å². The summed E-state index contributed by atoms with van der Waals surface area (Å²) in [5.74, 6) is 1.63. The normalized spacial score (nSPS) is 10.9. The van der Waals surface area contributed by atoms with E-state index in [2.05, 4.69) is 28.0 Å². The van der Waals surface area contributed by atoms with E-state index in [0.717, 1.165) is 40.3 Å². The molecule has 25 heavy (non-hydrogen) atoms. The molecule has 0 unspecified atom stereocenters. The topological polar surface area (TPSA) is 54.8 Å². The third kappa shape index (κ3) is 3.34. The highest BCUT2D eigenvalue weighted by Crippen LogP contribution is 2.26. The molecule has 5 nitrogen and oxygen atoms in total. The Morgan fingerprint density at radius 1 is 1.04 bits per heavy atom. The smallest absolute Gasteiger partial charge is 0.163 e. The van der Waals surface area contributed by atoms with Crippen molar-refractivity contribution in [2.24, 2.45) is 0 Å². The van der Waals surface area contributed by atoms with E-state index in [1.165, 1.54) is 0 Å². The summed E-state index contributed by atoms with van der Waals surface area (Å²) in [4.78, 5) is 20.3. The summed E-state index contributed by atoms with van der Waals surface area (Å²) in [6.45, 7) is 0.848. The molecule has 0 fully saturated rings. The molecule has 6 heteroatoms. The van der Waals surface area contributed by atoms with Gasteiger partial charge in [0.15, 0.2) is 5.82 Å². The van der Waals surface area contributed by atoms with Gasteiger partial charge < -0.3 is 4.90 Å². The molecule has 3 aromatic heterocycles. The summed E-state index contributed by atoms with van der Waals surface area (Å²) in [6.07, 6.45) is 6.30. The molecule has 0 N–H and O–H groups in total. The summed E-state index contributed by atoms with van der Waals surface area (Å²) >= 11 is 1.68. The predicted molar refractivity (Wildman–Crippen MR) is 102 cm³/mol. The van der Waals surface area contributed by atoms with Gasteiger partial charge in [-0.1, -0.05) is 12.1 Å². The van der Waals surface area contributed by atoms with Crippen LogP contribution >= 0.6 is 11.3 Å². The van der Waals surface area contributed by atoms with Crippen LogP contribution in [0.4, 0.5) is 5.82 Å². The van der Waals surface area contributed by atoms with Crippen LogP contribution in [0.5, 0.6) is 0 Å². The lowest BCUT2D eigenvalue weighted by molar-refractivity contribution is 0.856. The van der Waals surface area contributed by atoms with E-state index in [-0.39, 0.29) is 0 Å². The molecule has 0 spiro atoms. The van der Waals surface area contributed by atoms with Crippen molar-refractivity contribution in [1.82, 2.24) is 19.9 Å². The fourth-order valence-corrected chi connectivity index (χ4v) is 3.33. The first-order valence-corrected chi connectivity index (χ1v) is 8.96. The molecule has 0 atom stereocenters. The highest BCUT2D eigenvalue weighted by atomic mass is 32.1. The number of fused-ring (bicyclic) bond motifs is 1. The van der Waals surface area contributed by atoms with Gasteiger partial charge in [-0.2, -0.15) is 0 Å². The van der Waals surface area contributed by atoms with Crippen LogP contribution in [0.15, 0.2) is 60.4 Å². The van der Waals surface area contributed by atoms with Gasteiger partial charge in [0, 0.05) is 54.9 Å². The molecule has 0 aliphatic rings. The number of aromatic nitrogens is 4. The third-order valence-electron chi connectivity index (χ3n) is 4.01. The van der Waals surface area contributed by atoms with E-state index in [1.807, 2.05) is 41.9 Å². The Hall–Kier alpha value is -2.86. The Bertz CT molecular complexity index is 970. The Labute approximate surface area is 150 Å². The van der Waals surface area contributed by atoms with Gasteiger partial charge in [0.1, 0.15) is 5.82 Å². The highest BCUT2D eigenvalue weighted by molar-refractivity contribution is 7.09. The molecule has 4 aromatic rings. The first kappa shape index (κ1) is 15.7.